The fourth-order valence-corrected chi connectivity index (χ4v) is 8.43. The molecule has 5 atom stereocenters. The highest BCUT2D eigenvalue weighted by atomic mass is 32.2. The average molecular weight is 770 g/mol. The van der Waals surface area contributed by atoms with E-state index in [0.717, 1.165) is 10.8 Å². The van der Waals surface area contributed by atoms with Crippen LogP contribution < -0.4 is 20.1 Å². The van der Waals surface area contributed by atoms with Crippen LogP contribution >= 0.6 is 0 Å². The number of para-hydroxylation sites is 1. The third kappa shape index (κ3) is 7.49. The van der Waals surface area contributed by atoms with Gasteiger partial charge in [-0.05, 0) is 62.9 Å². The lowest BCUT2D eigenvalue weighted by molar-refractivity contribution is -0.141. The summed E-state index contributed by atoms with van der Waals surface area (Å²) in [7, 11) is -4.86. The van der Waals surface area contributed by atoms with Crippen molar-refractivity contribution in [1.29, 1.82) is 0 Å². The van der Waals surface area contributed by atoms with Gasteiger partial charge in [-0.1, -0.05) is 61.4 Å². The number of nitrogens with zero attached hydrogens (tertiary/aromatic N) is 4. The molecule has 2 aromatic heterocycles. The molecule has 55 heavy (non-hydrogen) atoms. The second kappa shape index (κ2) is 14.7. The lowest BCUT2D eigenvalue weighted by Crippen LogP contribution is -2.58. The number of sulfonamides is 1. The van der Waals surface area contributed by atoms with Gasteiger partial charge in [0.25, 0.3) is 11.8 Å². The van der Waals surface area contributed by atoms with Crippen molar-refractivity contribution in [1.82, 2.24) is 35.2 Å². The average Bonchev–Trinajstić information content (AvgIpc) is 3.90. The molecule has 4 heterocycles. The quantitative estimate of drug-likeness (QED) is 0.185. The number of ether oxygens (including phenoxy) is 1. The number of nitrogens with one attached hydrogen (secondary N) is 3. The zero-order valence-corrected chi connectivity index (χ0v) is 30.8. The van der Waals surface area contributed by atoms with Crippen LogP contribution in [0.2, 0.25) is 0 Å². The molecule has 2 aromatic carbocycles. The Balaban J connectivity index is 1.12. The summed E-state index contributed by atoms with van der Waals surface area (Å²) in [5.41, 5.74) is -0.516. The molecular weight excluding hydrogens is 723 g/mol. The number of amides is 4. The number of benzene rings is 2. The van der Waals surface area contributed by atoms with Gasteiger partial charge in [-0.15, -0.1) is 0 Å². The Hall–Kier alpha value is -5.44. The zero-order chi connectivity index (χ0) is 41.9. The largest absolute Gasteiger partial charge is 0.472 e. The summed E-state index contributed by atoms with van der Waals surface area (Å²) in [5.74, 6) is -3.46. The van der Waals surface area contributed by atoms with Gasteiger partial charge < -0.3 is 20.3 Å². The first-order chi connectivity index (χ1) is 28.0. The molecule has 15 heteroatoms. The van der Waals surface area contributed by atoms with Crippen LogP contribution in [-0.2, 0) is 24.4 Å². The van der Waals surface area contributed by atoms with E-state index in [1.165, 1.54) is 17.3 Å². The van der Waals surface area contributed by atoms with Crippen LogP contribution in [0.15, 0.2) is 73.1 Å². The fraction of sp³-hybridized carbons (Fsp3) is 0.425. The third-order valence-corrected chi connectivity index (χ3v) is 11.9. The number of carbonyl (C=O) groups excluding carboxylic acids is 4. The molecule has 4 amide bonds. The third-order valence-electron chi connectivity index (χ3n) is 10.6. The van der Waals surface area contributed by atoms with Gasteiger partial charge >= 0.3 is 0 Å². The molecule has 8 rings (SSSR count). The molecule has 0 radical (unpaired) electrons. The Labute approximate surface area is 324 Å². The van der Waals surface area contributed by atoms with Gasteiger partial charge in [0.15, 0.2) is 0 Å². The first kappa shape index (κ1) is 31.9. The second-order valence-corrected chi connectivity index (χ2v) is 16.3. The van der Waals surface area contributed by atoms with Crippen LogP contribution in [0.25, 0.3) is 21.7 Å². The molecule has 2 aliphatic heterocycles. The molecule has 286 valence electrons. The maximum absolute atomic E-state index is 14.7. The lowest BCUT2D eigenvalue weighted by atomic mass is 10.0. The number of carbonyl (C=O) groups is 4. The number of allylic oxidation sites excluding steroid dienone is 1. The van der Waals surface area contributed by atoms with Crippen molar-refractivity contribution in [2.75, 3.05) is 6.54 Å². The number of fused-ring (bicyclic) bond motifs is 5. The Kier molecular flexibility index (Phi) is 8.49. The minimum atomic E-state index is -4.86. The van der Waals surface area contributed by atoms with E-state index in [0.29, 0.717) is 42.3 Å². The van der Waals surface area contributed by atoms with E-state index in [4.69, 9.17) is 15.2 Å². The van der Waals surface area contributed by atoms with Gasteiger partial charge in [0.05, 0.1) is 29.2 Å². The minimum Gasteiger partial charge on any atom is -0.472 e. The SMILES string of the molecule is [2H]C1([2H])C(S(=O)(=O)NC(=O)[C@@]23C[C@H]2/C=C\CCCCC[C@H](NC(=O)c2cnc(C)cn2)C(=O)N2C[C@H](Oc4nc5ccccc5c5ccccc45)C[C@H]2C(=O)N3)C1([2H])[2H]. The highest BCUT2D eigenvalue weighted by Gasteiger charge is 2.62. The maximum atomic E-state index is 14.7. The maximum Gasteiger partial charge on any atom is 0.272 e. The molecule has 2 aliphatic carbocycles. The summed E-state index contributed by atoms with van der Waals surface area (Å²) < 4.78 is 66.3. The van der Waals surface area contributed by atoms with Crippen LogP contribution in [0, 0.1) is 12.8 Å². The van der Waals surface area contributed by atoms with Gasteiger partial charge in [-0.2, -0.15) is 0 Å². The number of aromatic nitrogens is 3. The number of rotatable bonds is 7. The van der Waals surface area contributed by atoms with Crippen molar-refractivity contribution in [2.45, 2.75) is 93.6 Å². The summed E-state index contributed by atoms with van der Waals surface area (Å²) in [6.45, 7) is 1.63. The second-order valence-electron chi connectivity index (χ2n) is 14.5. The summed E-state index contributed by atoms with van der Waals surface area (Å²) in [5, 5.41) is 5.94. The number of hydrogen-bond acceptors (Lipinski definition) is 10. The van der Waals surface area contributed by atoms with E-state index in [-0.39, 0.29) is 37.4 Å². The molecule has 3 N–H and O–H groups in total. The van der Waals surface area contributed by atoms with Gasteiger partial charge in [-0.3, -0.25) is 28.9 Å². The topological polar surface area (TPSA) is 190 Å². The fourth-order valence-electron chi connectivity index (χ4n) is 7.50. The molecule has 0 spiro atoms. The summed E-state index contributed by atoms with van der Waals surface area (Å²) in [4.78, 5) is 71.1. The Morgan fingerprint density at radius 1 is 1.00 bits per heavy atom. The van der Waals surface area contributed by atoms with Crippen molar-refractivity contribution < 1.29 is 37.8 Å². The monoisotopic (exact) mass is 769 g/mol. The first-order valence-electron chi connectivity index (χ1n) is 20.4. The molecule has 4 aliphatic rings. The summed E-state index contributed by atoms with van der Waals surface area (Å²) in [6, 6.07) is 12.8. The molecule has 14 nitrogen and oxygen atoms in total. The van der Waals surface area contributed by atoms with Gasteiger partial charge in [-0.25, -0.2) is 18.4 Å². The van der Waals surface area contributed by atoms with Crippen LogP contribution in [0.1, 0.15) is 79.4 Å². The molecule has 3 fully saturated rings. The first-order valence-corrected chi connectivity index (χ1v) is 20.0. The van der Waals surface area contributed by atoms with E-state index in [2.05, 4.69) is 20.6 Å². The Morgan fingerprint density at radius 3 is 2.53 bits per heavy atom. The summed E-state index contributed by atoms with van der Waals surface area (Å²) >= 11 is 0. The van der Waals surface area contributed by atoms with Crippen LogP contribution in [0.4, 0.5) is 0 Å². The molecule has 0 unspecified atom stereocenters. The van der Waals surface area contributed by atoms with Gasteiger partial charge in [0, 0.05) is 34.8 Å². The molecule has 1 saturated heterocycles. The number of hydrogen-bond donors (Lipinski definition) is 3. The van der Waals surface area contributed by atoms with Crippen molar-refractivity contribution in [2.24, 2.45) is 5.92 Å². The lowest BCUT2D eigenvalue weighted by Gasteiger charge is -2.29. The van der Waals surface area contributed by atoms with Crippen molar-refractivity contribution in [3.05, 3.63) is 84.5 Å². The number of aryl methyl sites for hydroxylation is 1. The highest BCUT2D eigenvalue weighted by Crippen LogP contribution is 2.46. The Bertz CT molecular complexity index is 2490. The van der Waals surface area contributed by atoms with Crippen LogP contribution in [0.3, 0.4) is 0 Å². The molecule has 0 bridgehead atoms. The zero-order valence-electron chi connectivity index (χ0n) is 34.0. The van der Waals surface area contributed by atoms with E-state index in [1.54, 1.807) is 13.0 Å². The van der Waals surface area contributed by atoms with E-state index in [1.807, 2.05) is 59.3 Å². The smallest absolute Gasteiger partial charge is 0.272 e. The van der Waals surface area contributed by atoms with Gasteiger partial charge in [0.2, 0.25) is 27.7 Å². The van der Waals surface area contributed by atoms with E-state index < -0.39 is 81.3 Å². The van der Waals surface area contributed by atoms with Crippen LogP contribution in [0.5, 0.6) is 5.88 Å². The number of pyridine rings is 1. The highest BCUT2D eigenvalue weighted by molar-refractivity contribution is 7.91. The van der Waals surface area contributed by atoms with E-state index in [9.17, 15) is 27.6 Å². The normalized spacial score (nSPS) is 29.4. The Morgan fingerprint density at radius 2 is 1.76 bits per heavy atom. The molecule has 2 saturated carbocycles. The van der Waals surface area contributed by atoms with Crippen LogP contribution in [-0.4, -0.2) is 87.4 Å². The predicted octanol–water partition coefficient (Wildman–Crippen LogP) is 3.64. The van der Waals surface area contributed by atoms with Crippen molar-refractivity contribution in [3.63, 3.8) is 0 Å². The molecular formula is C40H43N7O7S. The predicted molar refractivity (Wildman–Crippen MR) is 203 cm³/mol. The van der Waals surface area contributed by atoms with E-state index >= 15 is 0 Å². The standard InChI is InChI=1S/C40H43N7O7S/c1-24-21-42-33(22-41-24)35(48)43-32-16-6-4-2-3-5-11-25-20-40(25,39(51)46-55(52,53)27-17-18-27)45-36(49)34-19-26(23-47(34)38(32)50)54-37-30-14-8-7-12-28(30)29-13-9-10-15-31(29)44-37/h5,7-15,21-22,25-27,32,34H,2-4,6,16-20,23H2,1H3,(H,43,48)(H,45,49)(H,46,51)/b11-5-/t25-,26-,32+,34+,40-/m1/s1/i17D2,18D2. The van der Waals surface area contributed by atoms with Crippen molar-refractivity contribution in [3.8, 4) is 5.88 Å². The van der Waals surface area contributed by atoms with Crippen molar-refractivity contribution >= 4 is 55.3 Å². The summed E-state index contributed by atoms with van der Waals surface area (Å²) in [6.07, 6.45) is 2.79. The van der Waals surface area contributed by atoms with Gasteiger partial charge in [0.1, 0.15) is 29.4 Å². The molecule has 4 aromatic rings. The minimum absolute atomic E-state index is 0.00487.